The monoisotopic (exact) mass is 488 g/mol. The zero-order valence-electron chi connectivity index (χ0n) is 21.5. The lowest BCUT2D eigenvalue weighted by Crippen LogP contribution is -2.67. The van der Waals surface area contributed by atoms with Gasteiger partial charge in [0.2, 0.25) is 0 Å². The molecule has 2 saturated heterocycles. The molecule has 4 aliphatic carbocycles. The number of allylic oxidation sites excluding steroid dienone is 1. The highest BCUT2D eigenvalue weighted by atomic mass is 16.6. The predicted octanol–water partition coefficient (Wildman–Crippen LogP) is 2.55. The lowest BCUT2D eigenvalue weighted by atomic mass is 9.43. The number of epoxide rings is 1. The molecule has 0 radical (unpaired) electrons. The Hall–Kier alpha value is -1.28. The van der Waals surface area contributed by atoms with E-state index in [0.717, 1.165) is 25.7 Å². The Kier molecular flexibility index (Phi) is 4.80. The molecule has 5 fully saturated rings. The highest BCUT2D eigenvalue weighted by Gasteiger charge is 2.77. The Morgan fingerprint density at radius 3 is 2.43 bits per heavy atom. The third-order valence-electron chi connectivity index (χ3n) is 12.2. The van der Waals surface area contributed by atoms with E-state index in [-0.39, 0.29) is 53.5 Å². The number of aliphatic hydroxyl groups is 3. The maximum absolute atomic E-state index is 13.3. The van der Waals surface area contributed by atoms with E-state index in [4.69, 9.17) is 9.47 Å². The highest BCUT2D eigenvalue weighted by molar-refractivity contribution is 5.97. The van der Waals surface area contributed by atoms with Gasteiger partial charge in [0.1, 0.15) is 23.4 Å². The third kappa shape index (κ3) is 2.76. The number of carbonyl (C=O) groups is 2. The van der Waals surface area contributed by atoms with E-state index in [9.17, 15) is 24.9 Å². The molecule has 0 spiro atoms. The number of hydrogen-bond donors (Lipinski definition) is 3. The van der Waals surface area contributed by atoms with Crippen LogP contribution in [0.3, 0.4) is 0 Å². The van der Waals surface area contributed by atoms with Crippen LogP contribution in [0, 0.1) is 40.4 Å². The summed E-state index contributed by atoms with van der Waals surface area (Å²) in [5.41, 5.74) is -5.42. The average molecular weight is 489 g/mol. The molecule has 0 aromatic rings. The van der Waals surface area contributed by atoms with E-state index in [2.05, 4.69) is 13.8 Å². The van der Waals surface area contributed by atoms with Gasteiger partial charge in [0.05, 0.1) is 11.5 Å². The number of ether oxygens (including phenoxy) is 2. The summed E-state index contributed by atoms with van der Waals surface area (Å²) in [5.74, 6) is 0.277. The normalized spacial score (nSPS) is 59.6. The molecule has 194 valence electrons. The summed E-state index contributed by atoms with van der Waals surface area (Å²) in [6.45, 7) is 9.28. The van der Waals surface area contributed by atoms with Crippen LogP contribution in [0.25, 0.3) is 0 Å². The fourth-order valence-corrected chi connectivity index (χ4v) is 9.55. The van der Waals surface area contributed by atoms with Gasteiger partial charge in [0, 0.05) is 6.42 Å². The van der Waals surface area contributed by atoms with Crippen molar-refractivity contribution >= 4 is 11.8 Å². The number of hydrogen-bond acceptors (Lipinski definition) is 7. The van der Waals surface area contributed by atoms with Crippen LogP contribution in [0.2, 0.25) is 0 Å². The van der Waals surface area contributed by atoms with Gasteiger partial charge in [-0.3, -0.25) is 4.79 Å². The summed E-state index contributed by atoms with van der Waals surface area (Å²) in [4.78, 5) is 25.9. The zero-order chi connectivity index (χ0) is 25.3. The van der Waals surface area contributed by atoms with Crippen molar-refractivity contribution in [2.45, 2.75) is 108 Å². The van der Waals surface area contributed by atoms with Crippen LogP contribution in [0.4, 0.5) is 0 Å². The average Bonchev–Trinajstić information content (AvgIpc) is 3.50. The second kappa shape index (κ2) is 6.97. The second-order valence-corrected chi connectivity index (χ2v) is 13.5. The number of ketones is 1. The molecule has 0 aromatic carbocycles. The summed E-state index contributed by atoms with van der Waals surface area (Å²) < 4.78 is 11.9. The minimum absolute atomic E-state index is 0.000561. The van der Waals surface area contributed by atoms with E-state index < -0.39 is 34.3 Å². The van der Waals surface area contributed by atoms with E-state index in [1.165, 1.54) is 13.8 Å². The molecule has 35 heavy (non-hydrogen) atoms. The van der Waals surface area contributed by atoms with Crippen molar-refractivity contribution in [2.75, 3.05) is 0 Å². The van der Waals surface area contributed by atoms with E-state index in [1.54, 1.807) is 12.2 Å². The van der Waals surface area contributed by atoms with Gasteiger partial charge in [0.25, 0.3) is 0 Å². The Labute approximate surface area is 207 Å². The van der Waals surface area contributed by atoms with Crippen LogP contribution < -0.4 is 0 Å². The third-order valence-corrected chi connectivity index (χ3v) is 12.2. The molecule has 0 amide bonds. The van der Waals surface area contributed by atoms with Crippen molar-refractivity contribution in [3.8, 4) is 0 Å². The van der Waals surface area contributed by atoms with Crippen molar-refractivity contribution in [3.05, 3.63) is 12.2 Å². The lowest BCUT2D eigenvalue weighted by Gasteiger charge is -2.60. The molecule has 6 rings (SSSR count). The number of rotatable bonds is 2. The van der Waals surface area contributed by atoms with Crippen molar-refractivity contribution in [1.82, 2.24) is 0 Å². The van der Waals surface area contributed by atoms with Gasteiger partial charge in [-0.1, -0.05) is 19.9 Å². The topological polar surface area (TPSA) is 117 Å². The van der Waals surface area contributed by atoms with E-state index >= 15 is 0 Å². The first-order valence-electron chi connectivity index (χ1n) is 13.4. The predicted molar refractivity (Wildman–Crippen MR) is 126 cm³/mol. The minimum Gasteiger partial charge on any atom is -0.460 e. The number of fused-ring (bicyclic) bond motifs is 8. The standard InChI is InChI=1S/C28H40O7/c1-14(18-13-25(3,31)27(5,32)23(30)34-18)15-8-9-16-20-17(10-12-24(15,16)2)26(4)19(29)7-6-11-28(26,33)22-21(20)35-22/h6-7,14-18,20-22,31-33H,8-13H2,1-5H3. The molecule has 0 aromatic heterocycles. The molecule has 6 aliphatic rings. The first-order chi connectivity index (χ1) is 16.2. The van der Waals surface area contributed by atoms with Crippen molar-refractivity contribution in [3.63, 3.8) is 0 Å². The smallest absolute Gasteiger partial charge is 0.341 e. The Morgan fingerprint density at radius 1 is 1.03 bits per heavy atom. The molecule has 0 bridgehead atoms. The molecule has 2 aliphatic heterocycles. The highest BCUT2D eigenvalue weighted by Crippen LogP contribution is 2.71. The number of esters is 1. The molecule has 2 heterocycles. The van der Waals surface area contributed by atoms with Crippen LogP contribution in [0.1, 0.15) is 73.1 Å². The summed E-state index contributed by atoms with van der Waals surface area (Å²) in [6, 6.07) is 0. The molecular weight excluding hydrogens is 448 g/mol. The summed E-state index contributed by atoms with van der Waals surface area (Å²) in [6.07, 6.45) is 7.23. The Morgan fingerprint density at radius 2 is 1.74 bits per heavy atom. The van der Waals surface area contributed by atoms with Gasteiger partial charge in [-0.15, -0.1) is 0 Å². The van der Waals surface area contributed by atoms with Gasteiger partial charge in [-0.05, 0) is 94.0 Å². The number of cyclic esters (lactones) is 1. The van der Waals surface area contributed by atoms with Crippen LogP contribution >= 0.6 is 0 Å². The van der Waals surface area contributed by atoms with Gasteiger partial charge in [-0.2, -0.15) is 0 Å². The minimum atomic E-state index is -1.92. The number of carbonyl (C=O) groups excluding carboxylic acids is 2. The van der Waals surface area contributed by atoms with Gasteiger partial charge in [-0.25, -0.2) is 4.79 Å². The second-order valence-electron chi connectivity index (χ2n) is 13.5. The Balaban J connectivity index is 1.29. The largest absolute Gasteiger partial charge is 0.460 e. The fourth-order valence-electron chi connectivity index (χ4n) is 9.55. The first-order valence-corrected chi connectivity index (χ1v) is 13.4. The van der Waals surface area contributed by atoms with Crippen molar-refractivity contribution < 1.29 is 34.4 Å². The van der Waals surface area contributed by atoms with Crippen LogP contribution in [-0.4, -0.2) is 62.2 Å². The van der Waals surface area contributed by atoms with Gasteiger partial charge in [0.15, 0.2) is 11.4 Å². The van der Waals surface area contributed by atoms with Crippen molar-refractivity contribution in [1.29, 1.82) is 0 Å². The SMILES string of the molecule is CC(C1CC(C)(O)C(C)(O)C(=O)O1)C1CCC2C3C4OC4C4(O)CC=CC(=O)C4(C)C3CCC12C. The molecule has 3 saturated carbocycles. The van der Waals surface area contributed by atoms with Crippen LogP contribution in [0.15, 0.2) is 12.2 Å². The van der Waals surface area contributed by atoms with Crippen LogP contribution in [0.5, 0.6) is 0 Å². The molecule has 13 unspecified atom stereocenters. The summed E-state index contributed by atoms with van der Waals surface area (Å²) in [7, 11) is 0. The maximum Gasteiger partial charge on any atom is 0.341 e. The summed E-state index contributed by atoms with van der Waals surface area (Å²) in [5, 5.41) is 33.1. The molecule has 7 heteroatoms. The molecule has 3 N–H and O–H groups in total. The quantitative estimate of drug-likeness (QED) is 0.404. The molecule has 7 nitrogen and oxygen atoms in total. The fraction of sp³-hybridized carbons (Fsp3) is 0.857. The van der Waals surface area contributed by atoms with Crippen molar-refractivity contribution in [2.24, 2.45) is 40.4 Å². The lowest BCUT2D eigenvalue weighted by molar-refractivity contribution is -0.230. The molecular formula is C28H40O7. The molecule has 13 atom stereocenters. The van der Waals surface area contributed by atoms with Crippen LogP contribution in [-0.2, 0) is 19.1 Å². The maximum atomic E-state index is 13.3. The van der Waals surface area contributed by atoms with Gasteiger partial charge < -0.3 is 24.8 Å². The first kappa shape index (κ1) is 24.1. The zero-order valence-corrected chi connectivity index (χ0v) is 21.5. The Bertz CT molecular complexity index is 1000. The summed E-state index contributed by atoms with van der Waals surface area (Å²) >= 11 is 0. The van der Waals surface area contributed by atoms with E-state index in [0.29, 0.717) is 12.3 Å². The van der Waals surface area contributed by atoms with E-state index in [1.807, 2.05) is 6.92 Å². The van der Waals surface area contributed by atoms with Gasteiger partial charge >= 0.3 is 5.97 Å².